The van der Waals surface area contributed by atoms with Gasteiger partial charge in [-0.3, -0.25) is 5.32 Å². The summed E-state index contributed by atoms with van der Waals surface area (Å²) in [6.07, 6.45) is 0. The van der Waals surface area contributed by atoms with Crippen LogP contribution in [0.25, 0.3) is 0 Å². The van der Waals surface area contributed by atoms with Crippen molar-refractivity contribution in [3.8, 4) is 0 Å². The van der Waals surface area contributed by atoms with Gasteiger partial charge in [-0.2, -0.15) is 0 Å². The molecule has 0 radical (unpaired) electrons. The van der Waals surface area contributed by atoms with Gasteiger partial charge in [0.05, 0.1) is 11.8 Å². The fourth-order valence-corrected chi connectivity index (χ4v) is 2.27. The minimum absolute atomic E-state index is 0.0401. The molecule has 0 aliphatic heterocycles. The van der Waals surface area contributed by atoms with Gasteiger partial charge in [0.25, 0.3) is 0 Å². The zero-order valence-corrected chi connectivity index (χ0v) is 11.7. The minimum Gasteiger partial charge on any atom is -0.349 e. The van der Waals surface area contributed by atoms with Crippen LogP contribution in [-0.4, -0.2) is 15.6 Å². The first-order valence-corrected chi connectivity index (χ1v) is 7.53. The third-order valence-corrected chi connectivity index (χ3v) is 3.86. The van der Waals surface area contributed by atoms with Crippen molar-refractivity contribution >= 4 is 8.38 Å². The van der Waals surface area contributed by atoms with Crippen molar-refractivity contribution in [1.29, 1.82) is 0 Å². The summed E-state index contributed by atoms with van der Waals surface area (Å²) in [5.74, 6) is -0.347. The molecule has 3 N–H and O–H groups in total. The lowest BCUT2D eigenvalue weighted by molar-refractivity contribution is 0.442. The van der Waals surface area contributed by atoms with E-state index in [2.05, 4.69) is 5.32 Å². The molecule has 0 bridgehead atoms. The summed E-state index contributed by atoms with van der Waals surface area (Å²) in [6, 6.07) is 20.0. The Morgan fingerprint density at radius 1 is 0.842 bits per heavy atom. The van der Waals surface area contributed by atoms with Crippen molar-refractivity contribution in [3.63, 3.8) is 0 Å². The maximum Gasteiger partial charge on any atom is 0.183 e. The highest BCUT2D eigenvalue weighted by Gasteiger charge is 2.19. The predicted molar refractivity (Wildman–Crippen MR) is 78.7 cm³/mol. The van der Waals surface area contributed by atoms with Crippen LogP contribution in [0.3, 0.4) is 0 Å². The van der Waals surface area contributed by atoms with Crippen molar-refractivity contribution in [2.75, 3.05) is 0 Å². The Kier molecular flexibility index (Phi) is 5.06. The van der Waals surface area contributed by atoms with Crippen LogP contribution in [0.4, 0.5) is 0 Å². The van der Waals surface area contributed by atoms with Crippen LogP contribution < -0.4 is 5.32 Å². The predicted octanol–water partition coefficient (Wildman–Crippen LogP) is 3.01. The molecule has 2 aromatic carbocycles. The minimum atomic E-state index is -1.99. The average molecular weight is 275 g/mol. The second-order valence-electron chi connectivity index (χ2n) is 4.42. The maximum atomic E-state index is 9.32. The molecule has 4 heteroatoms. The Labute approximate surface area is 114 Å². The van der Waals surface area contributed by atoms with E-state index in [1.807, 2.05) is 60.7 Å². The van der Waals surface area contributed by atoms with E-state index < -0.39 is 8.38 Å². The molecule has 0 saturated carbocycles. The lowest BCUT2D eigenvalue weighted by atomic mass is 9.99. The highest BCUT2D eigenvalue weighted by Crippen LogP contribution is 2.32. The summed E-state index contributed by atoms with van der Waals surface area (Å²) in [5, 5.41) is 3.28. The Morgan fingerprint density at radius 2 is 1.26 bits per heavy atom. The molecule has 0 saturated heterocycles. The van der Waals surface area contributed by atoms with Gasteiger partial charge in [-0.05, 0) is 18.1 Å². The quantitative estimate of drug-likeness (QED) is 0.735. The van der Waals surface area contributed by atoms with Gasteiger partial charge >= 0.3 is 0 Å². The van der Waals surface area contributed by atoms with Gasteiger partial charge in [0.15, 0.2) is 8.38 Å². The van der Waals surface area contributed by atoms with Crippen LogP contribution in [0.1, 0.15) is 24.1 Å². The lowest BCUT2D eigenvalue weighted by Gasteiger charge is -2.24. The summed E-state index contributed by atoms with van der Waals surface area (Å²) in [5.41, 5.74) is 2.22. The molecule has 2 rings (SSSR count). The Bertz CT molecular complexity index is 451. The smallest absolute Gasteiger partial charge is 0.183 e. The van der Waals surface area contributed by atoms with E-state index in [1.54, 1.807) is 6.92 Å². The number of nitrogens with one attached hydrogen (secondary N) is 1. The number of rotatable bonds is 5. The Balaban J connectivity index is 2.29. The zero-order chi connectivity index (χ0) is 13.7. The van der Waals surface area contributed by atoms with Crippen LogP contribution >= 0.6 is 8.38 Å². The normalized spacial score (nSPS) is 12.9. The van der Waals surface area contributed by atoms with Gasteiger partial charge in [-0.1, -0.05) is 60.7 Å². The lowest BCUT2D eigenvalue weighted by Crippen LogP contribution is -2.30. The van der Waals surface area contributed by atoms with E-state index in [9.17, 15) is 9.79 Å². The molecule has 0 amide bonds. The van der Waals surface area contributed by atoms with Gasteiger partial charge in [0, 0.05) is 0 Å². The molecule has 0 aliphatic rings. The second kappa shape index (κ2) is 6.78. The van der Waals surface area contributed by atoms with Crippen molar-refractivity contribution in [2.24, 2.45) is 0 Å². The Morgan fingerprint density at radius 3 is 1.63 bits per heavy atom. The van der Waals surface area contributed by atoms with Gasteiger partial charge in [-0.15, -0.1) is 0 Å². The maximum absolute atomic E-state index is 9.32. The van der Waals surface area contributed by atoms with Crippen LogP contribution in [0.15, 0.2) is 60.7 Å². The third-order valence-electron chi connectivity index (χ3n) is 3.02. The second-order valence-corrected chi connectivity index (χ2v) is 5.83. The summed E-state index contributed by atoms with van der Waals surface area (Å²) >= 11 is 0. The molecule has 1 atom stereocenters. The summed E-state index contributed by atoms with van der Waals surface area (Å²) in [4.78, 5) is 18.6. The van der Waals surface area contributed by atoms with E-state index >= 15 is 0 Å². The first-order chi connectivity index (χ1) is 9.18. The molecule has 0 aliphatic carbocycles. The van der Waals surface area contributed by atoms with E-state index in [0.29, 0.717) is 0 Å². The molecule has 2 aromatic rings. The van der Waals surface area contributed by atoms with Gasteiger partial charge in [0.2, 0.25) is 0 Å². The van der Waals surface area contributed by atoms with Gasteiger partial charge < -0.3 is 9.79 Å². The van der Waals surface area contributed by atoms with Crippen molar-refractivity contribution in [2.45, 2.75) is 18.7 Å². The average Bonchev–Trinajstić information content (AvgIpc) is 2.46. The van der Waals surface area contributed by atoms with Gasteiger partial charge in [-0.25, -0.2) is 0 Å². The monoisotopic (exact) mass is 275 g/mol. The number of hydrogen-bond acceptors (Lipinski definition) is 3. The molecular weight excluding hydrogens is 257 g/mol. The summed E-state index contributed by atoms with van der Waals surface area (Å²) < 4.78 is 0. The van der Waals surface area contributed by atoms with E-state index in [-0.39, 0.29) is 11.8 Å². The van der Waals surface area contributed by atoms with Crippen LogP contribution in [0.2, 0.25) is 0 Å². The van der Waals surface area contributed by atoms with E-state index in [1.165, 1.54) is 0 Å². The molecule has 19 heavy (non-hydrogen) atoms. The first-order valence-electron chi connectivity index (χ1n) is 6.21. The molecule has 1 unspecified atom stereocenters. The van der Waals surface area contributed by atoms with Crippen LogP contribution in [0, 0.1) is 0 Å². The highest BCUT2D eigenvalue weighted by molar-refractivity contribution is 7.45. The van der Waals surface area contributed by atoms with E-state index in [4.69, 9.17) is 0 Å². The van der Waals surface area contributed by atoms with Gasteiger partial charge in [0.1, 0.15) is 0 Å². The van der Waals surface area contributed by atoms with E-state index in [0.717, 1.165) is 11.1 Å². The number of benzene rings is 2. The van der Waals surface area contributed by atoms with Crippen LogP contribution in [-0.2, 0) is 0 Å². The molecular formula is C15H18NO2P. The first kappa shape index (κ1) is 14.2. The number of hydrogen-bond donors (Lipinski definition) is 3. The van der Waals surface area contributed by atoms with Crippen molar-refractivity contribution in [3.05, 3.63) is 71.8 Å². The molecule has 0 heterocycles. The van der Waals surface area contributed by atoms with Crippen molar-refractivity contribution < 1.29 is 9.79 Å². The molecule has 100 valence electrons. The zero-order valence-electron chi connectivity index (χ0n) is 10.8. The topological polar surface area (TPSA) is 52.5 Å². The third kappa shape index (κ3) is 3.85. The SMILES string of the molecule is CC(NC(c1ccccc1)c1ccccc1)P(O)O. The standard InChI is InChI=1S/C15H18NO2P/c1-12(19(17)18)16-15(13-8-4-2-5-9-13)14-10-6-3-7-11-14/h2-12,15-18H,1H3. The molecule has 3 nitrogen and oxygen atoms in total. The van der Waals surface area contributed by atoms with Crippen molar-refractivity contribution in [1.82, 2.24) is 5.32 Å². The summed E-state index contributed by atoms with van der Waals surface area (Å²) in [6.45, 7) is 1.78. The largest absolute Gasteiger partial charge is 0.349 e. The molecule has 0 spiro atoms. The molecule has 0 fully saturated rings. The fraction of sp³-hybridized carbons (Fsp3) is 0.200. The van der Waals surface area contributed by atoms with Crippen LogP contribution in [0.5, 0.6) is 0 Å². The Hall–Kier alpha value is -1.25. The summed E-state index contributed by atoms with van der Waals surface area (Å²) in [7, 11) is -1.99. The molecule has 0 aromatic heterocycles. The highest BCUT2D eigenvalue weighted by atomic mass is 31.2. The fourth-order valence-electron chi connectivity index (χ4n) is 1.98.